The van der Waals surface area contributed by atoms with Gasteiger partial charge in [0, 0.05) is 34.6 Å². The van der Waals surface area contributed by atoms with Crippen molar-refractivity contribution in [2.24, 2.45) is 0 Å². The maximum atomic E-state index is 14.6. The van der Waals surface area contributed by atoms with Crippen LogP contribution in [-0.4, -0.2) is 59.0 Å². The van der Waals surface area contributed by atoms with Crippen molar-refractivity contribution in [2.45, 2.75) is 25.5 Å². The number of halogens is 1. The zero-order valence-electron chi connectivity index (χ0n) is 23.9. The summed E-state index contributed by atoms with van der Waals surface area (Å²) >= 11 is 0. The molecule has 0 spiro atoms. The van der Waals surface area contributed by atoms with Crippen molar-refractivity contribution in [3.05, 3.63) is 84.6 Å². The standard InChI is InChI=1S/C32H30FN7O3S/c1-44(41,42)37-15-19-9-20(11-22(33)10-19)25-3-2-4-28-26(25)13-30(38-28)32-27-14-29(36-18-31(27)39-40-32)21-12-24(17-35-16-21)43-23-5-7-34-8-6-23/h2-4,9-14,16-18,23,34,37-38H,5-8,15H2,1H3,(H,39,40). The maximum absolute atomic E-state index is 14.6. The lowest BCUT2D eigenvalue weighted by Crippen LogP contribution is -2.34. The van der Waals surface area contributed by atoms with Crippen molar-refractivity contribution in [3.63, 3.8) is 0 Å². The third kappa shape index (κ3) is 5.91. The van der Waals surface area contributed by atoms with Crippen molar-refractivity contribution >= 4 is 31.8 Å². The van der Waals surface area contributed by atoms with Gasteiger partial charge in [-0.3, -0.25) is 15.1 Å². The third-order valence-electron chi connectivity index (χ3n) is 7.77. The Kier molecular flexibility index (Phi) is 7.32. The normalized spacial score (nSPS) is 14.4. The van der Waals surface area contributed by atoms with Gasteiger partial charge in [0.25, 0.3) is 0 Å². The molecule has 0 amide bonds. The van der Waals surface area contributed by atoms with Crippen molar-refractivity contribution in [1.29, 1.82) is 0 Å². The van der Waals surface area contributed by atoms with Crippen LogP contribution in [0.1, 0.15) is 18.4 Å². The van der Waals surface area contributed by atoms with Crippen LogP contribution < -0.4 is 14.8 Å². The van der Waals surface area contributed by atoms with Crippen LogP contribution in [0, 0.1) is 5.82 Å². The fourth-order valence-corrected chi connectivity index (χ4v) is 6.09. The van der Waals surface area contributed by atoms with Crippen molar-refractivity contribution in [2.75, 3.05) is 19.3 Å². The van der Waals surface area contributed by atoms with E-state index in [1.54, 1.807) is 24.7 Å². The molecule has 7 rings (SSSR count). The van der Waals surface area contributed by atoms with Gasteiger partial charge in [-0.15, -0.1) is 0 Å². The summed E-state index contributed by atoms with van der Waals surface area (Å²) in [7, 11) is -3.42. The highest BCUT2D eigenvalue weighted by Gasteiger charge is 2.18. The summed E-state index contributed by atoms with van der Waals surface area (Å²) in [5, 5.41) is 12.8. The summed E-state index contributed by atoms with van der Waals surface area (Å²) < 4.78 is 46.4. The molecule has 0 aliphatic carbocycles. The van der Waals surface area contributed by atoms with E-state index in [0.717, 1.165) is 88.0 Å². The first-order valence-corrected chi connectivity index (χ1v) is 16.2. The van der Waals surface area contributed by atoms with Gasteiger partial charge in [0.15, 0.2) is 0 Å². The highest BCUT2D eigenvalue weighted by atomic mass is 32.2. The Morgan fingerprint density at radius 2 is 1.84 bits per heavy atom. The Bertz CT molecular complexity index is 2100. The Hall–Kier alpha value is -4.65. The van der Waals surface area contributed by atoms with Gasteiger partial charge in [-0.05, 0) is 85.1 Å². The van der Waals surface area contributed by atoms with Crippen molar-refractivity contribution < 1.29 is 17.5 Å². The van der Waals surface area contributed by atoms with Gasteiger partial charge in [-0.2, -0.15) is 5.10 Å². The Labute approximate surface area is 253 Å². The minimum atomic E-state index is -3.42. The molecule has 0 atom stereocenters. The third-order valence-corrected chi connectivity index (χ3v) is 8.44. The molecule has 1 aliphatic rings. The van der Waals surface area contributed by atoms with Crippen LogP contribution in [0.15, 0.2) is 73.2 Å². The zero-order chi connectivity index (χ0) is 30.3. The summed E-state index contributed by atoms with van der Waals surface area (Å²) in [6, 6.07) is 16.3. The maximum Gasteiger partial charge on any atom is 0.209 e. The minimum absolute atomic E-state index is 0.00377. The number of aromatic nitrogens is 5. The largest absolute Gasteiger partial charge is 0.489 e. The SMILES string of the molecule is CS(=O)(=O)NCc1cc(F)cc(-c2cccc3[nH]c(-c4n[nH]c5cnc(-c6cncc(OC7CCNCC7)c6)cc45)cc23)c1. The fraction of sp³-hybridized carbons (Fsp3) is 0.219. The van der Waals surface area contributed by atoms with Gasteiger partial charge in [0.05, 0.1) is 35.6 Å². The number of nitrogens with one attached hydrogen (secondary N) is 4. The average Bonchev–Trinajstić information content (AvgIpc) is 3.64. The molecule has 224 valence electrons. The topological polar surface area (TPSA) is 138 Å². The summed E-state index contributed by atoms with van der Waals surface area (Å²) in [4.78, 5) is 12.5. The lowest BCUT2D eigenvalue weighted by molar-refractivity contribution is 0.162. The van der Waals surface area contributed by atoms with Gasteiger partial charge in [-0.25, -0.2) is 17.5 Å². The number of hydrogen-bond donors (Lipinski definition) is 4. The quantitative estimate of drug-likeness (QED) is 0.187. The second kappa shape index (κ2) is 11.5. The number of ether oxygens (including phenoxy) is 1. The van der Waals surface area contributed by atoms with E-state index in [2.05, 4.69) is 35.2 Å². The van der Waals surface area contributed by atoms with E-state index < -0.39 is 15.8 Å². The summed E-state index contributed by atoms with van der Waals surface area (Å²) in [5.74, 6) is 0.276. The number of nitrogens with zero attached hydrogens (tertiary/aromatic N) is 3. The van der Waals surface area contributed by atoms with Crippen LogP contribution >= 0.6 is 0 Å². The van der Waals surface area contributed by atoms with E-state index in [0.29, 0.717) is 11.1 Å². The molecule has 0 saturated carbocycles. The number of benzene rings is 2. The van der Waals surface area contributed by atoms with Gasteiger partial charge >= 0.3 is 0 Å². The number of piperidine rings is 1. The van der Waals surface area contributed by atoms with Crippen LogP contribution in [0.3, 0.4) is 0 Å². The first-order valence-electron chi connectivity index (χ1n) is 14.3. The molecule has 4 aromatic heterocycles. The number of H-pyrrole nitrogens is 2. The van der Waals surface area contributed by atoms with Crippen LogP contribution in [-0.2, 0) is 16.6 Å². The second-order valence-corrected chi connectivity index (χ2v) is 12.9. The predicted octanol–water partition coefficient (Wildman–Crippen LogP) is 5.15. The molecule has 1 aliphatic heterocycles. The van der Waals surface area contributed by atoms with Crippen LogP contribution in [0.2, 0.25) is 0 Å². The molecule has 6 aromatic rings. The van der Waals surface area contributed by atoms with E-state index >= 15 is 0 Å². The van der Waals surface area contributed by atoms with E-state index in [1.165, 1.54) is 12.1 Å². The number of sulfonamides is 1. The highest BCUT2D eigenvalue weighted by molar-refractivity contribution is 7.88. The molecular weight excluding hydrogens is 581 g/mol. The first kappa shape index (κ1) is 28.1. The molecule has 4 N–H and O–H groups in total. The van der Waals surface area contributed by atoms with Crippen molar-refractivity contribution in [1.82, 2.24) is 35.2 Å². The number of fused-ring (bicyclic) bond motifs is 2. The molecule has 1 fully saturated rings. The Morgan fingerprint density at radius 3 is 2.68 bits per heavy atom. The minimum Gasteiger partial charge on any atom is -0.489 e. The Morgan fingerprint density at radius 1 is 0.977 bits per heavy atom. The number of aromatic amines is 2. The molecular formula is C32H30FN7O3S. The Balaban J connectivity index is 1.23. The molecule has 1 saturated heterocycles. The number of pyridine rings is 2. The molecule has 10 nitrogen and oxygen atoms in total. The first-order chi connectivity index (χ1) is 21.3. The van der Waals surface area contributed by atoms with Crippen LogP contribution in [0.4, 0.5) is 4.39 Å². The van der Waals surface area contributed by atoms with Gasteiger partial charge in [0.1, 0.15) is 23.4 Å². The van der Waals surface area contributed by atoms with Crippen LogP contribution in [0.5, 0.6) is 5.75 Å². The highest BCUT2D eigenvalue weighted by Crippen LogP contribution is 2.35. The number of rotatable bonds is 8. The lowest BCUT2D eigenvalue weighted by Gasteiger charge is -2.23. The van der Waals surface area contributed by atoms with E-state index in [-0.39, 0.29) is 12.6 Å². The van der Waals surface area contributed by atoms with Crippen molar-refractivity contribution in [3.8, 4) is 39.5 Å². The second-order valence-electron chi connectivity index (χ2n) is 11.1. The van der Waals surface area contributed by atoms with Gasteiger partial charge in [0.2, 0.25) is 10.0 Å². The monoisotopic (exact) mass is 611 g/mol. The number of hydrogen-bond acceptors (Lipinski definition) is 7. The molecule has 0 radical (unpaired) electrons. The van der Waals surface area contributed by atoms with Gasteiger partial charge < -0.3 is 15.0 Å². The molecule has 5 heterocycles. The molecule has 0 bridgehead atoms. The molecule has 0 unspecified atom stereocenters. The summed E-state index contributed by atoms with van der Waals surface area (Å²) in [6.45, 7) is 1.89. The van der Waals surface area contributed by atoms with E-state index in [9.17, 15) is 12.8 Å². The van der Waals surface area contributed by atoms with E-state index in [1.807, 2.05) is 36.4 Å². The molecule has 12 heteroatoms. The van der Waals surface area contributed by atoms with Gasteiger partial charge in [-0.1, -0.05) is 12.1 Å². The summed E-state index contributed by atoms with van der Waals surface area (Å²) in [6.07, 6.45) is 8.43. The van der Waals surface area contributed by atoms with E-state index in [4.69, 9.17) is 4.74 Å². The zero-order valence-corrected chi connectivity index (χ0v) is 24.7. The predicted molar refractivity (Wildman–Crippen MR) is 168 cm³/mol. The van der Waals surface area contributed by atoms with Crippen LogP contribution in [0.25, 0.3) is 55.6 Å². The molecule has 44 heavy (non-hydrogen) atoms. The smallest absolute Gasteiger partial charge is 0.209 e. The summed E-state index contributed by atoms with van der Waals surface area (Å²) in [5.41, 5.74) is 6.71. The average molecular weight is 612 g/mol. The lowest BCUT2D eigenvalue weighted by atomic mass is 9.99. The fourth-order valence-electron chi connectivity index (χ4n) is 5.67. The molecule has 2 aromatic carbocycles.